The molecule has 1 amide bonds. The number of likely N-dealkylation sites (N-methyl/N-ethyl adjacent to an activating group) is 1. The average molecular weight is 354 g/mol. The van der Waals surface area contributed by atoms with Crippen LogP contribution in [-0.2, 0) is 11.3 Å². The van der Waals surface area contributed by atoms with Gasteiger partial charge in [0.2, 0.25) is 5.91 Å². The minimum atomic E-state index is -0.297. The van der Waals surface area contributed by atoms with Crippen LogP contribution in [0.5, 0.6) is 5.75 Å². The molecule has 1 atom stereocenters. The van der Waals surface area contributed by atoms with Crippen LogP contribution in [-0.4, -0.2) is 36.3 Å². The highest BCUT2D eigenvalue weighted by Crippen LogP contribution is 2.15. The zero-order chi connectivity index (χ0) is 19.1. The normalized spacial score (nSPS) is 11.9. The van der Waals surface area contributed by atoms with Crippen molar-refractivity contribution in [1.29, 1.82) is 0 Å². The minimum Gasteiger partial charge on any atom is -0.494 e. The number of amides is 1. The van der Waals surface area contributed by atoms with E-state index in [2.05, 4.69) is 5.32 Å². The molecule has 5 nitrogen and oxygen atoms in total. The quantitative estimate of drug-likeness (QED) is 0.734. The summed E-state index contributed by atoms with van der Waals surface area (Å²) in [6, 6.07) is 14.5. The van der Waals surface area contributed by atoms with Crippen molar-refractivity contribution >= 4 is 17.4 Å². The van der Waals surface area contributed by atoms with Gasteiger partial charge in [-0.1, -0.05) is 12.1 Å². The average Bonchev–Trinajstić information content (AvgIpc) is 2.63. The molecule has 0 bridgehead atoms. The Hall–Kier alpha value is -2.66. The fourth-order valence-corrected chi connectivity index (χ4v) is 2.52. The Morgan fingerprint density at radius 3 is 2.23 bits per heavy atom. The van der Waals surface area contributed by atoms with Gasteiger partial charge in [0.05, 0.1) is 12.6 Å². The first-order valence-electron chi connectivity index (χ1n) is 8.74. The largest absolute Gasteiger partial charge is 0.494 e. The Labute approximate surface area is 155 Å². The van der Waals surface area contributed by atoms with Gasteiger partial charge >= 0.3 is 0 Å². The van der Waals surface area contributed by atoms with Gasteiger partial charge in [-0.2, -0.15) is 0 Å². The first kappa shape index (κ1) is 19.7. The number of rotatable bonds is 8. The number of ether oxygens (including phenoxy) is 1. The van der Waals surface area contributed by atoms with Crippen LogP contribution in [0.3, 0.4) is 0 Å². The Kier molecular flexibility index (Phi) is 6.92. The molecular formula is C21H26N2O3. The molecule has 2 rings (SSSR count). The van der Waals surface area contributed by atoms with Crippen molar-refractivity contribution in [2.24, 2.45) is 0 Å². The number of carbonyl (C=O) groups excluding carboxylic acids is 2. The smallest absolute Gasteiger partial charge is 0.241 e. The van der Waals surface area contributed by atoms with E-state index in [1.165, 1.54) is 6.92 Å². The van der Waals surface area contributed by atoms with Crippen molar-refractivity contribution in [3.63, 3.8) is 0 Å². The van der Waals surface area contributed by atoms with Crippen molar-refractivity contribution in [2.45, 2.75) is 33.4 Å². The van der Waals surface area contributed by atoms with Crippen LogP contribution in [0.1, 0.15) is 36.7 Å². The monoisotopic (exact) mass is 354 g/mol. The third-order valence-electron chi connectivity index (χ3n) is 4.27. The van der Waals surface area contributed by atoms with Crippen LogP contribution in [0.2, 0.25) is 0 Å². The topological polar surface area (TPSA) is 58.6 Å². The minimum absolute atomic E-state index is 0.00586. The summed E-state index contributed by atoms with van der Waals surface area (Å²) in [5.41, 5.74) is 2.42. The maximum absolute atomic E-state index is 12.5. The summed E-state index contributed by atoms with van der Waals surface area (Å²) in [7, 11) is 1.92. The van der Waals surface area contributed by atoms with Gasteiger partial charge in [-0.05, 0) is 69.8 Å². The molecule has 138 valence electrons. The number of nitrogens with one attached hydrogen (secondary N) is 1. The lowest BCUT2D eigenvalue weighted by molar-refractivity contribution is -0.120. The molecule has 0 spiro atoms. The van der Waals surface area contributed by atoms with Crippen molar-refractivity contribution in [3.8, 4) is 5.75 Å². The predicted molar refractivity (Wildman–Crippen MR) is 104 cm³/mol. The molecule has 0 heterocycles. The third-order valence-corrected chi connectivity index (χ3v) is 4.27. The molecule has 0 aliphatic rings. The molecule has 0 saturated carbocycles. The number of carbonyl (C=O) groups is 2. The molecule has 1 N–H and O–H groups in total. The first-order chi connectivity index (χ1) is 12.4. The molecule has 5 heteroatoms. The van der Waals surface area contributed by atoms with Crippen molar-refractivity contribution in [3.05, 3.63) is 59.7 Å². The van der Waals surface area contributed by atoms with Crippen LogP contribution in [0.4, 0.5) is 5.69 Å². The lowest BCUT2D eigenvalue weighted by Crippen LogP contribution is -2.39. The lowest BCUT2D eigenvalue weighted by atomic mass is 10.1. The van der Waals surface area contributed by atoms with E-state index in [1.54, 1.807) is 24.3 Å². The second-order valence-electron chi connectivity index (χ2n) is 6.29. The van der Waals surface area contributed by atoms with E-state index in [0.29, 0.717) is 24.4 Å². The van der Waals surface area contributed by atoms with Gasteiger partial charge in [0, 0.05) is 17.8 Å². The second kappa shape index (κ2) is 9.15. The van der Waals surface area contributed by atoms with Gasteiger partial charge in [-0.25, -0.2) is 0 Å². The number of hydrogen-bond acceptors (Lipinski definition) is 4. The summed E-state index contributed by atoms with van der Waals surface area (Å²) in [4.78, 5) is 25.7. The summed E-state index contributed by atoms with van der Waals surface area (Å²) in [6.07, 6.45) is 0. The van der Waals surface area contributed by atoms with Crippen LogP contribution < -0.4 is 10.1 Å². The molecule has 2 aromatic rings. The zero-order valence-electron chi connectivity index (χ0n) is 15.8. The number of ketones is 1. The molecule has 0 fully saturated rings. The molecule has 0 aliphatic heterocycles. The Balaban J connectivity index is 1.92. The molecular weight excluding hydrogens is 328 g/mol. The molecule has 1 unspecified atom stereocenters. The van der Waals surface area contributed by atoms with Gasteiger partial charge in [-0.15, -0.1) is 0 Å². The SMILES string of the molecule is CCOc1ccc(CN(C)C(C)C(=O)Nc2ccc(C(C)=O)cc2)cc1. The molecule has 0 radical (unpaired) electrons. The fraction of sp³-hybridized carbons (Fsp3) is 0.333. The Morgan fingerprint density at radius 2 is 1.69 bits per heavy atom. The first-order valence-corrected chi connectivity index (χ1v) is 8.74. The number of benzene rings is 2. The maximum atomic E-state index is 12.5. The predicted octanol–water partition coefficient (Wildman–Crippen LogP) is 3.75. The number of anilines is 1. The second-order valence-corrected chi connectivity index (χ2v) is 6.29. The van der Waals surface area contributed by atoms with Crippen molar-refractivity contribution < 1.29 is 14.3 Å². The highest BCUT2D eigenvalue weighted by molar-refractivity contribution is 5.96. The van der Waals surface area contributed by atoms with Gasteiger partial charge in [0.25, 0.3) is 0 Å². The molecule has 0 aliphatic carbocycles. The Bertz CT molecular complexity index is 739. The van der Waals surface area contributed by atoms with Crippen LogP contribution >= 0.6 is 0 Å². The fourth-order valence-electron chi connectivity index (χ4n) is 2.52. The van der Waals surface area contributed by atoms with Gasteiger partial charge in [0.1, 0.15) is 5.75 Å². The van der Waals surface area contributed by atoms with E-state index < -0.39 is 0 Å². The van der Waals surface area contributed by atoms with Crippen LogP contribution in [0.15, 0.2) is 48.5 Å². The van der Waals surface area contributed by atoms with E-state index in [9.17, 15) is 9.59 Å². The van der Waals surface area contributed by atoms with E-state index in [1.807, 2.05) is 50.1 Å². The van der Waals surface area contributed by atoms with E-state index in [4.69, 9.17) is 4.74 Å². The summed E-state index contributed by atoms with van der Waals surface area (Å²) in [5, 5.41) is 2.89. The number of Topliss-reactive ketones (excluding diaryl/α,β-unsaturated/α-hetero) is 1. The third kappa shape index (κ3) is 5.43. The van der Waals surface area contributed by atoms with Crippen molar-refractivity contribution in [1.82, 2.24) is 4.90 Å². The molecule has 26 heavy (non-hydrogen) atoms. The molecule has 0 saturated heterocycles. The standard InChI is InChI=1S/C21H26N2O3/c1-5-26-20-12-6-17(7-13-20)14-23(4)15(2)21(25)22-19-10-8-18(9-11-19)16(3)24/h6-13,15H,5,14H2,1-4H3,(H,22,25). The Morgan fingerprint density at radius 1 is 1.08 bits per heavy atom. The summed E-state index contributed by atoms with van der Waals surface area (Å²) in [5.74, 6) is 0.763. The lowest BCUT2D eigenvalue weighted by Gasteiger charge is -2.24. The summed E-state index contributed by atoms with van der Waals surface area (Å²) in [6.45, 7) is 6.64. The van der Waals surface area contributed by atoms with Gasteiger partial charge in [-0.3, -0.25) is 14.5 Å². The summed E-state index contributed by atoms with van der Waals surface area (Å²) >= 11 is 0. The molecule has 0 aromatic heterocycles. The van der Waals surface area contributed by atoms with Crippen LogP contribution in [0, 0.1) is 0 Å². The van der Waals surface area contributed by atoms with E-state index in [-0.39, 0.29) is 17.7 Å². The van der Waals surface area contributed by atoms with Crippen LogP contribution in [0.25, 0.3) is 0 Å². The molecule has 2 aromatic carbocycles. The van der Waals surface area contributed by atoms with Gasteiger partial charge in [0.15, 0.2) is 5.78 Å². The highest BCUT2D eigenvalue weighted by Gasteiger charge is 2.18. The maximum Gasteiger partial charge on any atom is 0.241 e. The summed E-state index contributed by atoms with van der Waals surface area (Å²) < 4.78 is 5.44. The van der Waals surface area contributed by atoms with E-state index >= 15 is 0 Å². The van der Waals surface area contributed by atoms with Gasteiger partial charge < -0.3 is 10.1 Å². The van der Waals surface area contributed by atoms with Crippen molar-refractivity contribution in [2.75, 3.05) is 19.0 Å². The number of nitrogens with zero attached hydrogens (tertiary/aromatic N) is 1. The highest BCUT2D eigenvalue weighted by atomic mass is 16.5. The zero-order valence-corrected chi connectivity index (χ0v) is 15.8. The number of hydrogen-bond donors (Lipinski definition) is 1. The van der Waals surface area contributed by atoms with E-state index in [0.717, 1.165) is 11.3 Å².